The molecule has 0 amide bonds. The third-order valence-electron chi connectivity index (χ3n) is 6.34. The number of methoxy groups -OCH3 is 2. The van der Waals surface area contributed by atoms with Gasteiger partial charge in [-0.1, -0.05) is 0 Å². The molecular weight excluding hydrogens is 468 g/mol. The highest BCUT2D eigenvalue weighted by atomic mass is 19.1. The molecule has 10 nitrogen and oxygen atoms in total. The van der Waals surface area contributed by atoms with E-state index >= 15 is 8.78 Å². The summed E-state index contributed by atoms with van der Waals surface area (Å²) in [7, 11) is 2.24. The molecule has 2 atom stereocenters. The van der Waals surface area contributed by atoms with Crippen LogP contribution in [0.25, 0.3) is 10.9 Å². The van der Waals surface area contributed by atoms with Gasteiger partial charge in [-0.2, -0.15) is 0 Å². The number of hydrogen-bond donors (Lipinski definition) is 2. The number of likely N-dealkylation sites (tertiary alicyclic amines) is 1. The standard InChI is InChI=1S/C23H23F2N3O7/c1-34-17(29)6-16(23(33)35-2)27-7-12(15(26)9-27)18-14(24)5-11-20(19(18)25)28(10-3-4-10)8-13(21(11)30)22(31)32/h5-6,8,10,12,15H,3-4,7,9,26H2,1-2H3,(H,31,32)/b16-6+. The van der Waals surface area contributed by atoms with Crippen LogP contribution in [0.2, 0.25) is 0 Å². The summed E-state index contributed by atoms with van der Waals surface area (Å²) in [6.07, 6.45) is 3.30. The maximum absolute atomic E-state index is 15.9. The molecule has 2 unspecified atom stereocenters. The molecule has 1 saturated heterocycles. The van der Waals surface area contributed by atoms with E-state index in [2.05, 4.69) is 4.74 Å². The number of ether oxygens (including phenoxy) is 2. The smallest absolute Gasteiger partial charge is 0.354 e. The highest BCUT2D eigenvalue weighted by Crippen LogP contribution is 2.40. The fourth-order valence-corrected chi connectivity index (χ4v) is 4.47. The Hall–Kier alpha value is -3.80. The second-order valence-electron chi connectivity index (χ2n) is 8.52. The molecule has 2 aliphatic rings. The third-order valence-corrected chi connectivity index (χ3v) is 6.34. The second kappa shape index (κ2) is 9.10. The zero-order valence-corrected chi connectivity index (χ0v) is 18.9. The number of benzene rings is 1. The molecule has 1 aromatic heterocycles. The fraction of sp³-hybridized carbons (Fsp3) is 0.391. The number of carbonyl (C=O) groups excluding carboxylic acids is 2. The Kier molecular flexibility index (Phi) is 6.32. The lowest BCUT2D eigenvalue weighted by Gasteiger charge is -2.21. The van der Waals surface area contributed by atoms with Crippen LogP contribution in [-0.2, 0) is 19.1 Å². The van der Waals surface area contributed by atoms with Gasteiger partial charge >= 0.3 is 17.9 Å². The number of aromatic nitrogens is 1. The van der Waals surface area contributed by atoms with Crippen molar-refractivity contribution in [3.63, 3.8) is 0 Å². The number of carboxylic acid groups (broad SMARTS) is 1. The summed E-state index contributed by atoms with van der Waals surface area (Å²) in [4.78, 5) is 49.6. The molecule has 0 bridgehead atoms. The van der Waals surface area contributed by atoms with E-state index in [9.17, 15) is 24.3 Å². The minimum atomic E-state index is -1.49. The van der Waals surface area contributed by atoms with Crippen LogP contribution in [0.15, 0.2) is 28.8 Å². The Balaban J connectivity index is 1.84. The van der Waals surface area contributed by atoms with E-state index in [1.54, 1.807) is 0 Å². The average Bonchev–Trinajstić information content (AvgIpc) is 3.59. The number of carboxylic acids is 1. The molecule has 4 rings (SSSR count). The molecule has 2 fully saturated rings. The predicted octanol–water partition coefficient (Wildman–Crippen LogP) is 1.27. The summed E-state index contributed by atoms with van der Waals surface area (Å²) >= 11 is 0. The van der Waals surface area contributed by atoms with E-state index < -0.39 is 52.5 Å². The van der Waals surface area contributed by atoms with Crippen LogP contribution in [0.5, 0.6) is 0 Å². The number of pyridine rings is 1. The van der Waals surface area contributed by atoms with Crippen molar-refractivity contribution in [3.8, 4) is 0 Å². The first-order chi connectivity index (χ1) is 16.6. The Morgan fingerprint density at radius 3 is 2.43 bits per heavy atom. The summed E-state index contributed by atoms with van der Waals surface area (Å²) in [5, 5.41) is 9.00. The van der Waals surface area contributed by atoms with Gasteiger partial charge in [0.05, 0.1) is 31.2 Å². The van der Waals surface area contributed by atoms with E-state index in [0.717, 1.165) is 32.6 Å². The first-order valence-electron chi connectivity index (χ1n) is 10.8. The van der Waals surface area contributed by atoms with Crippen LogP contribution in [-0.4, -0.2) is 65.8 Å². The van der Waals surface area contributed by atoms with Gasteiger partial charge in [0.1, 0.15) is 17.1 Å². The molecular formula is C23H23F2N3O7. The summed E-state index contributed by atoms with van der Waals surface area (Å²) in [5.74, 6) is -6.19. The van der Waals surface area contributed by atoms with Crippen LogP contribution < -0.4 is 11.2 Å². The van der Waals surface area contributed by atoms with Gasteiger partial charge in [0.2, 0.25) is 5.43 Å². The maximum atomic E-state index is 15.9. The van der Waals surface area contributed by atoms with Crippen molar-refractivity contribution < 1.29 is 37.7 Å². The molecule has 186 valence electrons. The topological polar surface area (TPSA) is 141 Å². The van der Waals surface area contributed by atoms with Gasteiger partial charge in [0.15, 0.2) is 5.82 Å². The van der Waals surface area contributed by atoms with Crippen LogP contribution in [0.3, 0.4) is 0 Å². The average molecular weight is 491 g/mol. The van der Waals surface area contributed by atoms with Crippen LogP contribution in [0.4, 0.5) is 8.78 Å². The van der Waals surface area contributed by atoms with Gasteiger partial charge in [-0.3, -0.25) is 4.79 Å². The summed E-state index contributed by atoms with van der Waals surface area (Å²) in [5.41, 5.74) is 3.90. The molecule has 1 aromatic carbocycles. The van der Waals surface area contributed by atoms with Crippen molar-refractivity contribution >= 4 is 28.8 Å². The van der Waals surface area contributed by atoms with E-state index in [1.165, 1.54) is 9.47 Å². The van der Waals surface area contributed by atoms with Crippen molar-refractivity contribution in [2.75, 3.05) is 27.3 Å². The predicted molar refractivity (Wildman–Crippen MR) is 118 cm³/mol. The quantitative estimate of drug-likeness (QED) is 0.451. The molecule has 35 heavy (non-hydrogen) atoms. The van der Waals surface area contributed by atoms with Gasteiger partial charge < -0.3 is 29.8 Å². The van der Waals surface area contributed by atoms with Gasteiger partial charge in [-0.15, -0.1) is 0 Å². The number of esters is 2. The Morgan fingerprint density at radius 2 is 1.86 bits per heavy atom. The Bertz CT molecular complexity index is 1330. The summed E-state index contributed by atoms with van der Waals surface area (Å²) < 4.78 is 41.9. The second-order valence-corrected chi connectivity index (χ2v) is 8.52. The molecule has 0 radical (unpaired) electrons. The summed E-state index contributed by atoms with van der Waals surface area (Å²) in [6.45, 7) is -0.147. The maximum Gasteiger partial charge on any atom is 0.354 e. The Labute approximate surface area is 197 Å². The van der Waals surface area contributed by atoms with Crippen molar-refractivity contribution in [1.82, 2.24) is 9.47 Å². The SMILES string of the molecule is COC(=O)/C=C(\C(=O)OC)N1CC(N)C(c2c(F)cc3c(=O)c(C(=O)O)cn(C4CC4)c3c2F)C1. The van der Waals surface area contributed by atoms with Gasteiger partial charge in [0, 0.05) is 42.9 Å². The zero-order chi connectivity index (χ0) is 25.6. The number of carbonyl (C=O) groups is 3. The van der Waals surface area contributed by atoms with E-state index in [-0.39, 0.29) is 41.3 Å². The number of nitrogens with zero attached hydrogens (tertiary/aromatic N) is 2. The van der Waals surface area contributed by atoms with Gasteiger partial charge in [-0.25, -0.2) is 23.2 Å². The van der Waals surface area contributed by atoms with Crippen molar-refractivity contribution in [2.45, 2.75) is 30.8 Å². The molecule has 1 aliphatic heterocycles. The molecule has 1 saturated carbocycles. The first kappa shape index (κ1) is 24.3. The summed E-state index contributed by atoms with van der Waals surface area (Å²) in [6, 6.07) is -0.226. The van der Waals surface area contributed by atoms with E-state index in [4.69, 9.17) is 10.5 Å². The Morgan fingerprint density at radius 1 is 1.17 bits per heavy atom. The third kappa shape index (κ3) is 4.25. The molecule has 3 N–H and O–H groups in total. The molecule has 1 aliphatic carbocycles. The van der Waals surface area contributed by atoms with E-state index in [0.29, 0.717) is 12.8 Å². The lowest BCUT2D eigenvalue weighted by atomic mass is 9.92. The number of fused-ring (bicyclic) bond motifs is 1. The fourth-order valence-electron chi connectivity index (χ4n) is 4.47. The van der Waals surface area contributed by atoms with Crippen LogP contribution >= 0.6 is 0 Å². The lowest BCUT2D eigenvalue weighted by molar-refractivity contribution is -0.140. The minimum Gasteiger partial charge on any atom is -0.477 e. The first-order valence-corrected chi connectivity index (χ1v) is 10.8. The number of hydrogen-bond acceptors (Lipinski definition) is 8. The number of halogens is 2. The number of rotatable bonds is 6. The lowest BCUT2D eigenvalue weighted by Crippen LogP contribution is -2.31. The molecule has 2 heterocycles. The highest BCUT2D eigenvalue weighted by molar-refractivity contribution is 5.96. The monoisotopic (exact) mass is 491 g/mol. The van der Waals surface area contributed by atoms with Crippen LogP contribution in [0, 0.1) is 11.6 Å². The van der Waals surface area contributed by atoms with Gasteiger partial charge in [-0.05, 0) is 18.9 Å². The van der Waals surface area contributed by atoms with E-state index in [1.807, 2.05) is 0 Å². The molecule has 0 spiro atoms. The van der Waals surface area contributed by atoms with Crippen molar-refractivity contribution in [1.29, 1.82) is 0 Å². The van der Waals surface area contributed by atoms with Gasteiger partial charge in [0.25, 0.3) is 0 Å². The number of nitrogens with two attached hydrogens (primary N) is 1. The van der Waals surface area contributed by atoms with Crippen molar-refractivity contribution in [3.05, 3.63) is 57.0 Å². The number of aromatic carboxylic acids is 1. The highest BCUT2D eigenvalue weighted by Gasteiger charge is 2.39. The normalized spacial score (nSPS) is 20.3. The van der Waals surface area contributed by atoms with Crippen molar-refractivity contribution in [2.24, 2.45) is 5.73 Å². The minimum absolute atomic E-state index is 0.0209. The zero-order valence-electron chi connectivity index (χ0n) is 18.9. The largest absolute Gasteiger partial charge is 0.477 e. The molecule has 2 aromatic rings. The molecule has 12 heteroatoms. The van der Waals surface area contributed by atoms with Crippen LogP contribution in [0.1, 0.15) is 40.7 Å².